The van der Waals surface area contributed by atoms with Gasteiger partial charge in [-0.2, -0.15) is 0 Å². The lowest BCUT2D eigenvalue weighted by Gasteiger charge is -2.58. The van der Waals surface area contributed by atoms with Gasteiger partial charge >= 0.3 is 0 Å². The van der Waals surface area contributed by atoms with Crippen molar-refractivity contribution in [2.75, 3.05) is 40.0 Å². The number of ether oxygens (including phenoxy) is 3. The number of halogens is 1. The molecule has 11 heteroatoms. The van der Waals surface area contributed by atoms with E-state index in [1.165, 1.54) is 26.4 Å². The van der Waals surface area contributed by atoms with Crippen LogP contribution < -0.4 is 14.8 Å². The van der Waals surface area contributed by atoms with E-state index in [1.807, 2.05) is 4.90 Å². The molecule has 6 aliphatic rings. The zero-order valence-electron chi connectivity index (χ0n) is 25.4. The summed E-state index contributed by atoms with van der Waals surface area (Å²) in [5.74, 6) is 2.26. The molecule has 0 spiro atoms. The van der Waals surface area contributed by atoms with Crippen molar-refractivity contribution in [1.29, 1.82) is 0 Å². The van der Waals surface area contributed by atoms with Crippen LogP contribution in [0.1, 0.15) is 56.9 Å². The fourth-order valence-electron chi connectivity index (χ4n) is 9.06. The first-order valence-electron chi connectivity index (χ1n) is 16.0. The molecule has 1 saturated heterocycles. The standard InChI is InChI=1S/C33H45IN2O8/c1-42-28-10-22(16-38)9-25(34)30(28)44-27-12-24(31(40)35-3-4-37)11-26(29(27)39)36(32(41)23-2-5-43-17-23)18-33-13-19-6-20(14-33)8-21(7-19)15-33/h9-10,12,19-21,23,26-27,29,37-39H,2-8,11,13-18H2,1H3,(H,35,40). The van der Waals surface area contributed by atoms with Crippen molar-refractivity contribution >= 4 is 34.4 Å². The molecule has 4 saturated carbocycles. The lowest BCUT2D eigenvalue weighted by Crippen LogP contribution is -2.60. The lowest BCUT2D eigenvalue weighted by molar-refractivity contribution is -0.151. The molecular formula is C33H45IN2O8. The van der Waals surface area contributed by atoms with E-state index in [1.54, 1.807) is 18.2 Å². The molecule has 1 heterocycles. The Labute approximate surface area is 272 Å². The molecule has 44 heavy (non-hydrogen) atoms. The van der Waals surface area contributed by atoms with Crippen molar-refractivity contribution < 1.29 is 39.1 Å². The average Bonchev–Trinajstić information content (AvgIpc) is 3.55. The maximum atomic E-state index is 14.3. The molecule has 1 aromatic carbocycles. The fraction of sp³-hybridized carbons (Fsp3) is 0.697. The van der Waals surface area contributed by atoms with Gasteiger partial charge in [-0.3, -0.25) is 9.59 Å². The van der Waals surface area contributed by atoms with Gasteiger partial charge < -0.3 is 39.7 Å². The molecule has 10 nitrogen and oxygen atoms in total. The van der Waals surface area contributed by atoms with Crippen molar-refractivity contribution in [3.8, 4) is 11.5 Å². The number of nitrogens with one attached hydrogen (secondary N) is 1. The molecule has 4 N–H and O–H groups in total. The zero-order chi connectivity index (χ0) is 31.0. The van der Waals surface area contributed by atoms with Crippen LogP contribution in [0.2, 0.25) is 0 Å². The second-order valence-corrected chi connectivity index (χ2v) is 14.9. The van der Waals surface area contributed by atoms with Crippen LogP contribution in [0.25, 0.3) is 0 Å². The minimum Gasteiger partial charge on any atom is -0.493 e. The van der Waals surface area contributed by atoms with Crippen molar-refractivity contribution in [2.45, 2.75) is 76.2 Å². The number of methoxy groups -OCH3 is 1. The van der Waals surface area contributed by atoms with E-state index in [4.69, 9.17) is 14.2 Å². The Morgan fingerprint density at radius 1 is 1.14 bits per heavy atom. The van der Waals surface area contributed by atoms with Crippen LogP contribution in [0.3, 0.4) is 0 Å². The third-order valence-electron chi connectivity index (χ3n) is 10.6. The van der Waals surface area contributed by atoms with Crippen LogP contribution in [-0.4, -0.2) is 90.3 Å². The SMILES string of the molecule is COc1cc(CO)cc(I)c1OC1C=C(C(=O)NCCO)CC(N(CC23CC4CC(CC(C4)C2)C3)C(=O)C2CCOC2)C1O. The Kier molecular flexibility index (Phi) is 9.78. The van der Waals surface area contributed by atoms with E-state index in [9.17, 15) is 24.9 Å². The smallest absolute Gasteiger partial charge is 0.247 e. The van der Waals surface area contributed by atoms with Gasteiger partial charge in [0.2, 0.25) is 11.8 Å². The van der Waals surface area contributed by atoms with Crippen LogP contribution in [0.15, 0.2) is 23.8 Å². The van der Waals surface area contributed by atoms with E-state index in [2.05, 4.69) is 27.9 Å². The van der Waals surface area contributed by atoms with E-state index in [-0.39, 0.29) is 49.3 Å². The monoisotopic (exact) mass is 724 g/mol. The molecule has 0 radical (unpaired) electrons. The second kappa shape index (κ2) is 13.4. The van der Waals surface area contributed by atoms with Gasteiger partial charge in [0.25, 0.3) is 0 Å². The number of carbonyl (C=O) groups excluding carboxylic acids is 2. The summed E-state index contributed by atoms with van der Waals surface area (Å²) in [6, 6.07) is 2.79. The summed E-state index contributed by atoms with van der Waals surface area (Å²) in [5, 5.41) is 33.9. The molecule has 242 valence electrons. The largest absolute Gasteiger partial charge is 0.493 e. The Bertz CT molecular complexity index is 1230. The molecular weight excluding hydrogens is 679 g/mol. The summed E-state index contributed by atoms with van der Waals surface area (Å²) in [5.41, 5.74) is 1.09. The average molecular weight is 725 g/mol. The van der Waals surface area contributed by atoms with Crippen molar-refractivity contribution in [2.24, 2.45) is 29.1 Å². The summed E-state index contributed by atoms with van der Waals surface area (Å²) in [6.45, 7) is 1.21. The summed E-state index contributed by atoms with van der Waals surface area (Å²) in [7, 11) is 1.51. The molecule has 2 amide bonds. The topological polar surface area (TPSA) is 138 Å². The number of hydrogen-bond donors (Lipinski definition) is 4. The summed E-state index contributed by atoms with van der Waals surface area (Å²) < 4.78 is 18.4. The summed E-state index contributed by atoms with van der Waals surface area (Å²) >= 11 is 2.11. The van der Waals surface area contributed by atoms with Crippen LogP contribution in [0.5, 0.6) is 11.5 Å². The van der Waals surface area contributed by atoms with Gasteiger partial charge in [0.05, 0.1) is 42.5 Å². The first-order chi connectivity index (χ1) is 21.2. The number of aliphatic hydroxyl groups is 3. The summed E-state index contributed by atoms with van der Waals surface area (Å²) in [6.07, 6.45) is 7.61. The zero-order valence-corrected chi connectivity index (χ0v) is 27.5. The van der Waals surface area contributed by atoms with Crippen LogP contribution >= 0.6 is 22.6 Å². The molecule has 5 aliphatic carbocycles. The Morgan fingerprint density at radius 2 is 1.84 bits per heavy atom. The van der Waals surface area contributed by atoms with Crippen molar-refractivity contribution in [3.63, 3.8) is 0 Å². The van der Waals surface area contributed by atoms with Crippen molar-refractivity contribution in [3.05, 3.63) is 32.9 Å². The quantitative estimate of drug-likeness (QED) is 0.256. The molecule has 1 aromatic rings. The second-order valence-electron chi connectivity index (χ2n) is 13.7. The highest BCUT2D eigenvalue weighted by molar-refractivity contribution is 14.1. The Balaban J connectivity index is 1.35. The molecule has 7 rings (SSSR count). The molecule has 5 fully saturated rings. The number of nitrogens with zero attached hydrogens (tertiary/aromatic N) is 1. The lowest BCUT2D eigenvalue weighted by atomic mass is 9.49. The van der Waals surface area contributed by atoms with Crippen LogP contribution in [-0.2, 0) is 20.9 Å². The van der Waals surface area contributed by atoms with Crippen LogP contribution in [0.4, 0.5) is 0 Å². The van der Waals surface area contributed by atoms with Gasteiger partial charge in [-0.15, -0.1) is 0 Å². The molecule has 4 unspecified atom stereocenters. The van der Waals surface area contributed by atoms with E-state index in [0.29, 0.717) is 70.1 Å². The predicted octanol–water partition coefficient (Wildman–Crippen LogP) is 2.79. The van der Waals surface area contributed by atoms with Crippen LogP contribution in [0, 0.1) is 32.7 Å². The number of rotatable bonds is 11. The number of benzene rings is 1. The third-order valence-corrected chi connectivity index (χ3v) is 11.4. The molecule has 4 bridgehead atoms. The highest BCUT2D eigenvalue weighted by atomic mass is 127. The normalized spacial score (nSPS) is 34.0. The van der Waals surface area contributed by atoms with Gasteiger partial charge in [0, 0.05) is 31.7 Å². The highest BCUT2D eigenvalue weighted by Gasteiger charge is 2.53. The number of hydrogen-bond acceptors (Lipinski definition) is 8. The fourth-order valence-corrected chi connectivity index (χ4v) is 9.85. The van der Waals surface area contributed by atoms with E-state index >= 15 is 0 Å². The van der Waals surface area contributed by atoms with Gasteiger partial charge in [0.1, 0.15) is 12.2 Å². The maximum absolute atomic E-state index is 14.3. The first kappa shape index (κ1) is 32.0. The van der Waals surface area contributed by atoms with Crippen molar-refractivity contribution in [1.82, 2.24) is 10.2 Å². The summed E-state index contributed by atoms with van der Waals surface area (Å²) in [4.78, 5) is 29.6. The number of amides is 2. The Morgan fingerprint density at radius 3 is 2.43 bits per heavy atom. The van der Waals surface area contributed by atoms with Gasteiger partial charge in [0.15, 0.2) is 11.5 Å². The van der Waals surface area contributed by atoms with Gasteiger partial charge in [-0.05, 0) is 114 Å². The minimum absolute atomic E-state index is 0.0162. The van der Waals surface area contributed by atoms with E-state index < -0.39 is 18.2 Å². The predicted molar refractivity (Wildman–Crippen MR) is 170 cm³/mol. The number of carbonyl (C=O) groups is 2. The van der Waals surface area contributed by atoms with E-state index in [0.717, 1.165) is 19.3 Å². The molecule has 1 aliphatic heterocycles. The van der Waals surface area contributed by atoms with Gasteiger partial charge in [-0.1, -0.05) is 0 Å². The Hall–Kier alpha value is -1.93. The minimum atomic E-state index is -1.11. The molecule has 4 atom stereocenters. The van der Waals surface area contributed by atoms with Gasteiger partial charge in [-0.25, -0.2) is 0 Å². The number of aliphatic hydroxyl groups excluding tert-OH is 3. The third kappa shape index (κ3) is 6.49. The first-order valence-corrected chi connectivity index (χ1v) is 17.1. The molecule has 0 aromatic heterocycles. The highest BCUT2D eigenvalue weighted by Crippen LogP contribution is 2.60. The maximum Gasteiger partial charge on any atom is 0.247 e.